The van der Waals surface area contributed by atoms with Crippen LogP contribution in [0.2, 0.25) is 0 Å². The van der Waals surface area contributed by atoms with Gasteiger partial charge in [-0.1, -0.05) is 79.7 Å². The molecule has 1 amide bonds. The van der Waals surface area contributed by atoms with Crippen LogP contribution in [-0.2, 0) is 17.9 Å². The van der Waals surface area contributed by atoms with Gasteiger partial charge in [-0.3, -0.25) is 4.79 Å². The van der Waals surface area contributed by atoms with Crippen LogP contribution in [0.15, 0.2) is 78.9 Å². The number of benzene rings is 3. The second-order valence-electron chi connectivity index (χ2n) is 7.38. The SMILES string of the molecule is CC[C@H](Oc1cccc(C)c1C)C(=O)N(Cc1ccccc1)Cc1ccccc1. The number of carbonyl (C=O) groups is 1. The molecule has 150 valence electrons. The number of rotatable bonds is 8. The molecule has 29 heavy (non-hydrogen) atoms. The smallest absolute Gasteiger partial charge is 0.264 e. The first kappa shape index (κ1) is 20.7. The highest BCUT2D eigenvalue weighted by Gasteiger charge is 2.25. The summed E-state index contributed by atoms with van der Waals surface area (Å²) < 4.78 is 6.20. The van der Waals surface area contributed by atoms with E-state index in [4.69, 9.17) is 4.74 Å². The lowest BCUT2D eigenvalue weighted by atomic mass is 10.1. The Morgan fingerprint density at radius 1 is 0.828 bits per heavy atom. The minimum atomic E-state index is -0.511. The molecule has 0 unspecified atom stereocenters. The summed E-state index contributed by atoms with van der Waals surface area (Å²) in [6.45, 7) is 7.20. The van der Waals surface area contributed by atoms with Crippen molar-refractivity contribution in [2.24, 2.45) is 0 Å². The normalized spacial score (nSPS) is 11.7. The van der Waals surface area contributed by atoms with E-state index in [2.05, 4.69) is 37.3 Å². The van der Waals surface area contributed by atoms with Crippen molar-refractivity contribution in [2.75, 3.05) is 0 Å². The maximum Gasteiger partial charge on any atom is 0.264 e. The van der Waals surface area contributed by atoms with Gasteiger partial charge in [0.05, 0.1) is 0 Å². The summed E-state index contributed by atoms with van der Waals surface area (Å²) >= 11 is 0. The third-order valence-electron chi connectivity index (χ3n) is 5.21. The van der Waals surface area contributed by atoms with Crippen LogP contribution in [0, 0.1) is 13.8 Å². The lowest BCUT2D eigenvalue weighted by Crippen LogP contribution is -2.41. The van der Waals surface area contributed by atoms with Crippen molar-refractivity contribution in [1.29, 1.82) is 0 Å². The zero-order valence-electron chi connectivity index (χ0n) is 17.5. The number of aryl methyl sites for hydroxylation is 1. The van der Waals surface area contributed by atoms with Crippen molar-refractivity contribution < 1.29 is 9.53 Å². The van der Waals surface area contributed by atoms with E-state index in [9.17, 15) is 4.79 Å². The molecule has 1 atom stereocenters. The first-order chi connectivity index (χ1) is 14.1. The Balaban J connectivity index is 1.83. The van der Waals surface area contributed by atoms with Crippen LogP contribution < -0.4 is 4.74 Å². The molecule has 0 aromatic heterocycles. The summed E-state index contributed by atoms with van der Waals surface area (Å²) in [6.07, 6.45) is 0.106. The van der Waals surface area contributed by atoms with Crippen LogP contribution in [0.3, 0.4) is 0 Å². The maximum absolute atomic E-state index is 13.5. The molecule has 0 N–H and O–H groups in total. The number of carbonyl (C=O) groups excluding carboxylic acids is 1. The summed E-state index contributed by atoms with van der Waals surface area (Å²) in [5, 5.41) is 0. The van der Waals surface area contributed by atoms with E-state index >= 15 is 0 Å². The maximum atomic E-state index is 13.5. The van der Waals surface area contributed by atoms with Gasteiger partial charge in [-0.05, 0) is 48.6 Å². The van der Waals surface area contributed by atoms with Gasteiger partial charge in [0.25, 0.3) is 5.91 Å². The number of hydrogen-bond donors (Lipinski definition) is 0. The van der Waals surface area contributed by atoms with Gasteiger partial charge in [0.15, 0.2) is 6.10 Å². The average molecular weight is 388 g/mol. The quantitative estimate of drug-likeness (QED) is 0.497. The zero-order chi connectivity index (χ0) is 20.6. The van der Waals surface area contributed by atoms with Crippen molar-refractivity contribution in [3.8, 4) is 5.75 Å². The fourth-order valence-corrected chi connectivity index (χ4v) is 3.34. The third-order valence-corrected chi connectivity index (χ3v) is 5.21. The summed E-state index contributed by atoms with van der Waals surface area (Å²) in [7, 11) is 0. The Morgan fingerprint density at radius 2 is 1.38 bits per heavy atom. The highest BCUT2D eigenvalue weighted by Crippen LogP contribution is 2.24. The van der Waals surface area contributed by atoms with Crippen LogP contribution >= 0.6 is 0 Å². The molecular weight excluding hydrogens is 358 g/mol. The molecule has 3 aromatic rings. The van der Waals surface area contributed by atoms with Crippen LogP contribution in [0.1, 0.15) is 35.6 Å². The molecule has 3 rings (SSSR count). The first-order valence-corrected chi connectivity index (χ1v) is 10.2. The Kier molecular flexibility index (Phi) is 7.07. The van der Waals surface area contributed by atoms with Crippen molar-refractivity contribution in [3.63, 3.8) is 0 Å². The predicted molar refractivity (Wildman–Crippen MR) is 118 cm³/mol. The molecule has 0 saturated carbocycles. The van der Waals surface area contributed by atoms with E-state index in [1.165, 1.54) is 0 Å². The van der Waals surface area contributed by atoms with Gasteiger partial charge in [0, 0.05) is 13.1 Å². The van der Waals surface area contributed by atoms with Gasteiger partial charge in [0.1, 0.15) is 5.75 Å². The highest BCUT2D eigenvalue weighted by molar-refractivity contribution is 5.81. The van der Waals surface area contributed by atoms with E-state index in [1.807, 2.05) is 67.3 Å². The second kappa shape index (κ2) is 9.92. The molecule has 0 saturated heterocycles. The standard InChI is InChI=1S/C26H29NO2/c1-4-24(29-25-17-11-12-20(2)21(25)3)26(28)27(18-22-13-7-5-8-14-22)19-23-15-9-6-10-16-23/h5-17,24H,4,18-19H2,1-3H3/t24-/m0/s1. The molecule has 0 spiro atoms. The molecule has 0 heterocycles. The van der Waals surface area contributed by atoms with Gasteiger partial charge >= 0.3 is 0 Å². The lowest BCUT2D eigenvalue weighted by Gasteiger charge is -2.28. The van der Waals surface area contributed by atoms with Crippen LogP contribution in [-0.4, -0.2) is 16.9 Å². The van der Waals surface area contributed by atoms with Crippen LogP contribution in [0.25, 0.3) is 0 Å². The fraction of sp³-hybridized carbons (Fsp3) is 0.269. The molecule has 0 aliphatic rings. The van der Waals surface area contributed by atoms with E-state index in [0.29, 0.717) is 19.5 Å². The third kappa shape index (κ3) is 5.47. The van der Waals surface area contributed by atoms with Crippen LogP contribution in [0.5, 0.6) is 5.75 Å². The van der Waals surface area contributed by atoms with Crippen molar-refractivity contribution in [2.45, 2.75) is 46.4 Å². The number of ether oxygens (including phenoxy) is 1. The van der Waals surface area contributed by atoms with Gasteiger partial charge in [-0.25, -0.2) is 0 Å². The van der Waals surface area contributed by atoms with Gasteiger partial charge in [0.2, 0.25) is 0 Å². The van der Waals surface area contributed by atoms with Gasteiger partial charge in [-0.2, -0.15) is 0 Å². The Labute approximate surface area is 174 Å². The molecule has 3 aromatic carbocycles. The van der Waals surface area contributed by atoms with Crippen molar-refractivity contribution >= 4 is 5.91 Å². The van der Waals surface area contributed by atoms with Crippen LogP contribution in [0.4, 0.5) is 0 Å². The molecule has 3 heteroatoms. The summed E-state index contributed by atoms with van der Waals surface area (Å²) in [4.78, 5) is 15.4. The molecule has 0 aliphatic carbocycles. The molecule has 0 bridgehead atoms. The molecule has 3 nitrogen and oxygen atoms in total. The largest absolute Gasteiger partial charge is 0.480 e. The summed E-state index contributed by atoms with van der Waals surface area (Å²) in [5.41, 5.74) is 4.46. The number of nitrogens with zero attached hydrogens (tertiary/aromatic N) is 1. The second-order valence-corrected chi connectivity index (χ2v) is 7.38. The minimum absolute atomic E-state index is 0.0149. The molecule has 0 fully saturated rings. The Bertz CT molecular complexity index is 880. The monoisotopic (exact) mass is 387 g/mol. The van der Waals surface area contributed by atoms with Gasteiger partial charge in [-0.15, -0.1) is 0 Å². The van der Waals surface area contributed by atoms with E-state index in [-0.39, 0.29) is 5.91 Å². The summed E-state index contributed by atoms with van der Waals surface area (Å²) in [6, 6.07) is 26.2. The first-order valence-electron chi connectivity index (χ1n) is 10.2. The van der Waals surface area contributed by atoms with E-state index in [0.717, 1.165) is 28.0 Å². The highest BCUT2D eigenvalue weighted by atomic mass is 16.5. The van der Waals surface area contributed by atoms with E-state index < -0.39 is 6.10 Å². The van der Waals surface area contributed by atoms with E-state index in [1.54, 1.807) is 0 Å². The lowest BCUT2D eigenvalue weighted by molar-refractivity contribution is -0.140. The molecule has 0 aliphatic heterocycles. The van der Waals surface area contributed by atoms with Crippen molar-refractivity contribution in [3.05, 3.63) is 101 Å². The predicted octanol–water partition coefficient (Wildman–Crippen LogP) is 5.69. The fourth-order valence-electron chi connectivity index (χ4n) is 3.34. The Morgan fingerprint density at radius 3 is 1.90 bits per heavy atom. The number of hydrogen-bond acceptors (Lipinski definition) is 2. The van der Waals surface area contributed by atoms with Gasteiger partial charge < -0.3 is 9.64 Å². The molecule has 0 radical (unpaired) electrons. The summed E-state index contributed by atoms with van der Waals surface area (Å²) in [5.74, 6) is 0.797. The minimum Gasteiger partial charge on any atom is -0.480 e. The Hall–Kier alpha value is -3.07. The topological polar surface area (TPSA) is 29.5 Å². The zero-order valence-corrected chi connectivity index (χ0v) is 17.5. The van der Waals surface area contributed by atoms with Crippen molar-refractivity contribution in [1.82, 2.24) is 4.90 Å². The average Bonchev–Trinajstić information content (AvgIpc) is 2.75. The number of amides is 1. The molecular formula is C26H29NO2.